The van der Waals surface area contributed by atoms with E-state index in [1.165, 1.54) is 34.2 Å². The largest absolute Gasteiger partial charge is 0.469 e. The van der Waals surface area contributed by atoms with Gasteiger partial charge in [-0.15, -0.1) is 0 Å². The molecule has 0 heterocycles. The minimum Gasteiger partial charge on any atom is -0.469 e. The number of allylic oxidation sites excluding steroid dienone is 2. The Morgan fingerprint density at radius 2 is 1.34 bits per heavy atom. The SMILES string of the molecule is COC(=O)CC/C=C\C[C@@H]1[C@@H](CO[Si](c2ccccc2)(c2ccccc2)C(C)(C)C)CC[C@@H]1OCc1ccc(-c2ccccc2)cc1. The Morgan fingerprint density at radius 1 is 0.766 bits per heavy atom. The zero-order valence-electron chi connectivity index (χ0n) is 28.4. The van der Waals surface area contributed by atoms with E-state index in [-0.39, 0.29) is 17.1 Å². The minimum absolute atomic E-state index is 0.0700. The first kappa shape index (κ1) is 34.6. The van der Waals surface area contributed by atoms with Crippen molar-refractivity contribution in [3.8, 4) is 11.1 Å². The molecule has 4 aromatic carbocycles. The fourth-order valence-corrected chi connectivity index (χ4v) is 11.8. The molecule has 5 rings (SSSR count). The van der Waals surface area contributed by atoms with Crippen LogP contribution in [0.2, 0.25) is 5.04 Å². The standard InChI is InChI=1S/C42H50O4Si/c1-42(2,3)47(37-19-11-6-12-20-37,38-21-13-7-14-22-38)46-32-36-29-30-40(39(36)23-15-8-16-24-41(43)44-4)45-31-33-25-27-35(28-26-33)34-17-9-5-10-18-34/h5-15,17-22,25-28,36,39-40H,16,23-24,29-32H2,1-4H3/b15-8-/t36-,39-,40+/m1/s1. The quantitative estimate of drug-likeness (QED) is 0.0781. The van der Waals surface area contributed by atoms with Crippen molar-refractivity contribution in [2.45, 2.75) is 70.6 Å². The molecule has 0 aromatic heterocycles. The summed E-state index contributed by atoms with van der Waals surface area (Å²) in [6.45, 7) is 8.29. The number of carbonyl (C=O) groups is 1. The van der Waals surface area contributed by atoms with Gasteiger partial charge in [-0.25, -0.2) is 0 Å². The number of esters is 1. The average molecular weight is 647 g/mol. The van der Waals surface area contributed by atoms with E-state index in [9.17, 15) is 4.79 Å². The van der Waals surface area contributed by atoms with Crippen molar-refractivity contribution < 1.29 is 18.7 Å². The summed E-state index contributed by atoms with van der Waals surface area (Å²) >= 11 is 0. The summed E-state index contributed by atoms with van der Waals surface area (Å²) in [5.41, 5.74) is 3.62. The van der Waals surface area contributed by atoms with Crippen molar-refractivity contribution in [2.75, 3.05) is 13.7 Å². The van der Waals surface area contributed by atoms with Crippen LogP contribution in [-0.4, -0.2) is 34.1 Å². The Balaban J connectivity index is 1.34. The molecule has 0 amide bonds. The Bertz CT molecular complexity index is 1510. The molecule has 1 aliphatic carbocycles. The van der Waals surface area contributed by atoms with Gasteiger partial charge in [-0.1, -0.05) is 148 Å². The monoisotopic (exact) mass is 646 g/mol. The molecule has 0 radical (unpaired) electrons. The molecule has 5 heteroatoms. The van der Waals surface area contributed by atoms with E-state index in [2.05, 4.69) is 142 Å². The molecule has 246 valence electrons. The Hall–Kier alpha value is -3.77. The van der Waals surface area contributed by atoms with E-state index >= 15 is 0 Å². The van der Waals surface area contributed by atoms with E-state index in [4.69, 9.17) is 13.9 Å². The average Bonchev–Trinajstić information content (AvgIpc) is 3.49. The van der Waals surface area contributed by atoms with Gasteiger partial charge < -0.3 is 13.9 Å². The van der Waals surface area contributed by atoms with Crippen molar-refractivity contribution in [3.05, 3.63) is 133 Å². The first-order chi connectivity index (χ1) is 22.8. The smallest absolute Gasteiger partial charge is 0.305 e. The summed E-state index contributed by atoms with van der Waals surface area (Å²) in [6.07, 6.45) is 8.55. The minimum atomic E-state index is -2.64. The van der Waals surface area contributed by atoms with Crippen LogP contribution in [0.25, 0.3) is 11.1 Å². The lowest BCUT2D eigenvalue weighted by atomic mass is 9.92. The summed E-state index contributed by atoms with van der Waals surface area (Å²) in [5, 5.41) is 2.55. The van der Waals surface area contributed by atoms with E-state index in [0.717, 1.165) is 19.3 Å². The number of rotatable bonds is 14. The highest BCUT2D eigenvalue weighted by molar-refractivity contribution is 6.99. The maximum absolute atomic E-state index is 11.7. The van der Waals surface area contributed by atoms with Crippen LogP contribution in [0, 0.1) is 11.8 Å². The Labute approximate surface area is 282 Å². The molecule has 3 atom stereocenters. The predicted octanol–water partition coefficient (Wildman–Crippen LogP) is 8.74. The number of methoxy groups -OCH3 is 1. The fourth-order valence-electron chi connectivity index (χ4n) is 7.16. The third-order valence-electron chi connectivity index (χ3n) is 9.68. The van der Waals surface area contributed by atoms with Crippen molar-refractivity contribution >= 4 is 24.7 Å². The second-order valence-electron chi connectivity index (χ2n) is 13.7. The number of hydrogen-bond acceptors (Lipinski definition) is 4. The van der Waals surface area contributed by atoms with Crippen LogP contribution in [0.15, 0.2) is 127 Å². The molecule has 0 unspecified atom stereocenters. The first-order valence-corrected chi connectivity index (χ1v) is 19.0. The molecular weight excluding hydrogens is 597 g/mol. The van der Waals surface area contributed by atoms with Gasteiger partial charge in [0.05, 0.1) is 19.8 Å². The predicted molar refractivity (Wildman–Crippen MR) is 195 cm³/mol. The molecule has 0 saturated heterocycles. The molecule has 1 saturated carbocycles. The van der Waals surface area contributed by atoms with Crippen LogP contribution in [0.5, 0.6) is 0 Å². The zero-order chi connectivity index (χ0) is 33.1. The maximum Gasteiger partial charge on any atom is 0.305 e. The van der Waals surface area contributed by atoms with Crippen molar-refractivity contribution in [1.29, 1.82) is 0 Å². The third-order valence-corrected chi connectivity index (χ3v) is 14.7. The molecule has 0 spiro atoms. The Morgan fingerprint density at radius 3 is 1.91 bits per heavy atom. The lowest BCUT2D eigenvalue weighted by molar-refractivity contribution is -0.140. The lowest BCUT2D eigenvalue weighted by Gasteiger charge is -2.44. The third kappa shape index (κ3) is 8.58. The topological polar surface area (TPSA) is 44.8 Å². The van der Waals surface area contributed by atoms with Crippen LogP contribution in [0.4, 0.5) is 0 Å². The molecule has 4 aromatic rings. The van der Waals surface area contributed by atoms with E-state index in [0.29, 0.717) is 37.9 Å². The molecule has 1 fully saturated rings. The molecule has 0 N–H and O–H groups in total. The second kappa shape index (κ2) is 16.4. The molecule has 4 nitrogen and oxygen atoms in total. The lowest BCUT2D eigenvalue weighted by Crippen LogP contribution is -2.67. The van der Waals surface area contributed by atoms with Crippen LogP contribution < -0.4 is 10.4 Å². The maximum atomic E-state index is 11.7. The summed E-state index contributed by atoms with van der Waals surface area (Å²) in [5.74, 6) is 0.519. The summed E-state index contributed by atoms with van der Waals surface area (Å²) in [7, 11) is -1.20. The van der Waals surface area contributed by atoms with E-state index in [1.54, 1.807) is 0 Å². The summed E-state index contributed by atoms with van der Waals surface area (Å²) in [4.78, 5) is 11.7. The van der Waals surface area contributed by atoms with Gasteiger partial charge in [0, 0.05) is 13.0 Å². The van der Waals surface area contributed by atoms with Gasteiger partial charge in [0.2, 0.25) is 0 Å². The highest BCUT2D eigenvalue weighted by atomic mass is 28.4. The highest BCUT2D eigenvalue weighted by Crippen LogP contribution is 2.41. The van der Waals surface area contributed by atoms with Gasteiger partial charge in [-0.05, 0) is 69.6 Å². The van der Waals surface area contributed by atoms with Gasteiger partial charge in [-0.2, -0.15) is 0 Å². The Kier molecular flexibility index (Phi) is 12.0. The normalized spacial score (nSPS) is 18.4. The highest BCUT2D eigenvalue weighted by Gasteiger charge is 2.51. The number of hydrogen-bond donors (Lipinski definition) is 0. The molecule has 0 bridgehead atoms. The summed E-state index contributed by atoms with van der Waals surface area (Å²) in [6, 6.07) is 41.0. The van der Waals surface area contributed by atoms with Crippen molar-refractivity contribution in [2.24, 2.45) is 11.8 Å². The molecule has 1 aliphatic rings. The number of ether oxygens (including phenoxy) is 2. The van der Waals surface area contributed by atoms with Gasteiger partial charge in [0.25, 0.3) is 8.32 Å². The molecule has 47 heavy (non-hydrogen) atoms. The number of carbonyl (C=O) groups excluding carboxylic acids is 1. The van der Waals surface area contributed by atoms with E-state index < -0.39 is 8.32 Å². The second-order valence-corrected chi connectivity index (χ2v) is 18.0. The zero-order valence-corrected chi connectivity index (χ0v) is 29.4. The van der Waals surface area contributed by atoms with Crippen molar-refractivity contribution in [1.82, 2.24) is 0 Å². The van der Waals surface area contributed by atoms with Gasteiger partial charge in [0.1, 0.15) is 0 Å². The van der Waals surface area contributed by atoms with Crippen LogP contribution in [-0.2, 0) is 25.3 Å². The van der Waals surface area contributed by atoms with Crippen molar-refractivity contribution in [3.63, 3.8) is 0 Å². The first-order valence-electron chi connectivity index (χ1n) is 17.0. The fraction of sp³-hybridized carbons (Fsp3) is 0.357. The summed E-state index contributed by atoms with van der Waals surface area (Å²) < 4.78 is 19.0. The van der Waals surface area contributed by atoms with Crippen LogP contribution in [0.3, 0.4) is 0 Å². The molecule has 0 aliphatic heterocycles. The van der Waals surface area contributed by atoms with Gasteiger partial charge >= 0.3 is 5.97 Å². The van der Waals surface area contributed by atoms with Gasteiger partial charge in [-0.3, -0.25) is 4.79 Å². The van der Waals surface area contributed by atoms with Crippen LogP contribution in [0.1, 0.15) is 58.4 Å². The molecular formula is C42H50O4Si. The number of benzene rings is 4. The van der Waals surface area contributed by atoms with E-state index in [1.807, 2.05) is 6.07 Å². The van der Waals surface area contributed by atoms with Crippen LogP contribution >= 0.6 is 0 Å². The van der Waals surface area contributed by atoms with Gasteiger partial charge in [0.15, 0.2) is 0 Å².